The van der Waals surface area contributed by atoms with Crippen LogP contribution in [0.5, 0.6) is 5.75 Å². The number of phenols is 1. The van der Waals surface area contributed by atoms with Crippen LogP contribution >= 0.6 is 11.6 Å². The van der Waals surface area contributed by atoms with E-state index >= 15 is 0 Å². The molecule has 0 aliphatic carbocycles. The molecule has 0 heterocycles. The van der Waals surface area contributed by atoms with Crippen LogP contribution in [0.15, 0.2) is 12.1 Å². The molecule has 1 aromatic rings. The number of aliphatic hydroxyl groups excluding tert-OH is 2. The highest BCUT2D eigenvalue weighted by Crippen LogP contribution is 2.35. The van der Waals surface area contributed by atoms with Gasteiger partial charge in [0.1, 0.15) is 11.9 Å². The minimum atomic E-state index is -1.49. The summed E-state index contributed by atoms with van der Waals surface area (Å²) in [6.07, 6.45) is -3.32. The lowest BCUT2D eigenvalue weighted by Gasteiger charge is -2.19. The van der Waals surface area contributed by atoms with Crippen LogP contribution in [0.2, 0.25) is 5.02 Å². The highest BCUT2D eigenvalue weighted by molar-refractivity contribution is 6.31. The van der Waals surface area contributed by atoms with Gasteiger partial charge in [-0.1, -0.05) is 11.6 Å². The molecule has 0 aromatic heterocycles. The highest BCUT2D eigenvalue weighted by Gasteiger charge is 2.25. The zero-order valence-electron chi connectivity index (χ0n) is 10.3. The lowest BCUT2D eigenvalue weighted by atomic mass is 10.0. The number of aromatic hydroxyl groups is 1. The van der Waals surface area contributed by atoms with E-state index in [-0.39, 0.29) is 28.6 Å². The first-order valence-electron chi connectivity index (χ1n) is 5.66. The van der Waals surface area contributed by atoms with Gasteiger partial charge in [0.2, 0.25) is 0 Å². The number of phenolic OH excluding ortho intramolecular Hbond substituents is 1. The summed E-state index contributed by atoms with van der Waals surface area (Å²) in [5.41, 5.74) is 5.43. The number of hydrogen-bond donors (Lipinski definition) is 4. The Kier molecular flexibility index (Phi) is 5.41. The minimum Gasteiger partial charge on any atom is -0.505 e. The summed E-state index contributed by atoms with van der Waals surface area (Å²) in [7, 11) is 0. The van der Waals surface area contributed by atoms with Crippen molar-refractivity contribution in [2.75, 3.05) is 12.3 Å². The first kappa shape index (κ1) is 15.6. The van der Waals surface area contributed by atoms with E-state index in [4.69, 9.17) is 17.3 Å². The molecule has 0 saturated carbocycles. The smallest absolute Gasteiger partial charge is 0.308 e. The van der Waals surface area contributed by atoms with Crippen molar-refractivity contribution in [3.8, 4) is 5.75 Å². The molecule has 0 aliphatic heterocycles. The summed E-state index contributed by atoms with van der Waals surface area (Å²) in [5, 5.41) is 29.5. The van der Waals surface area contributed by atoms with Crippen molar-refractivity contribution in [2.45, 2.75) is 25.6 Å². The molecule has 2 unspecified atom stereocenters. The second-order valence-corrected chi connectivity index (χ2v) is 4.39. The van der Waals surface area contributed by atoms with Crippen molar-refractivity contribution in [2.24, 2.45) is 0 Å². The summed E-state index contributed by atoms with van der Waals surface area (Å²) >= 11 is 5.75. The molecule has 0 bridgehead atoms. The second-order valence-electron chi connectivity index (χ2n) is 3.95. The Labute approximate surface area is 115 Å². The summed E-state index contributed by atoms with van der Waals surface area (Å²) < 4.78 is 4.65. The van der Waals surface area contributed by atoms with Crippen molar-refractivity contribution in [3.63, 3.8) is 0 Å². The van der Waals surface area contributed by atoms with Gasteiger partial charge in [-0.25, -0.2) is 0 Å². The maximum Gasteiger partial charge on any atom is 0.308 e. The van der Waals surface area contributed by atoms with Gasteiger partial charge < -0.3 is 25.8 Å². The average Bonchev–Trinajstić information content (AvgIpc) is 2.33. The van der Waals surface area contributed by atoms with Crippen molar-refractivity contribution in [3.05, 3.63) is 22.7 Å². The molecule has 2 atom stereocenters. The number of rotatable bonds is 5. The Morgan fingerprint density at radius 1 is 1.47 bits per heavy atom. The molecule has 19 heavy (non-hydrogen) atoms. The Bertz CT molecular complexity index is 466. The number of halogens is 1. The normalized spacial score (nSPS) is 13.9. The maximum atomic E-state index is 11.2. The van der Waals surface area contributed by atoms with E-state index < -0.39 is 24.6 Å². The Balaban J connectivity index is 2.88. The number of carbonyl (C=O) groups is 1. The number of ether oxygens (including phenoxy) is 1. The zero-order chi connectivity index (χ0) is 14.6. The van der Waals surface area contributed by atoms with Gasteiger partial charge in [-0.2, -0.15) is 0 Å². The number of nitrogen functional groups attached to an aromatic ring is 1. The van der Waals surface area contributed by atoms with Gasteiger partial charge in [-0.15, -0.1) is 0 Å². The number of hydrogen-bond acceptors (Lipinski definition) is 6. The van der Waals surface area contributed by atoms with Crippen LogP contribution in [0.1, 0.15) is 25.0 Å². The van der Waals surface area contributed by atoms with E-state index in [1.54, 1.807) is 6.92 Å². The molecule has 1 aromatic carbocycles. The summed E-state index contributed by atoms with van der Waals surface area (Å²) in [6, 6.07) is 2.58. The number of aliphatic hydroxyl groups is 2. The highest BCUT2D eigenvalue weighted by atomic mass is 35.5. The number of anilines is 1. The van der Waals surface area contributed by atoms with E-state index in [2.05, 4.69) is 4.74 Å². The van der Waals surface area contributed by atoms with Gasteiger partial charge >= 0.3 is 5.97 Å². The fourth-order valence-electron chi connectivity index (χ4n) is 1.58. The third-order valence-electron chi connectivity index (χ3n) is 2.50. The fraction of sp³-hybridized carbons (Fsp3) is 0.417. The van der Waals surface area contributed by atoms with Crippen molar-refractivity contribution in [1.29, 1.82) is 0 Å². The predicted molar refractivity (Wildman–Crippen MR) is 69.7 cm³/mol. The summed E-state index contributed by atoms with van der Waals surface area (Å²) in [4.78, 5) is 11.2. The van der Waals surface area contributed by atoms with E-state index in [9.17, 15) is 20.1 Å². The van der Waals surface area contributed by atoms with Crippen molar-refractivity contribution < 1.29 is 24.9 Å². The molecule has 0 radical (unpaired) electrons. The fourth-order valence-corrected chi connectivity index (χ4v) is 1.81. The minimum absolute atomic E-state index is 0.0233. The molecule has 0 aliphatic rings. The molecule has 0 amide bonds. The molecule has 0 saturated heterocycles. The Morgan fingerprint density at radius 3 is 2.68 bits per heavy atom. The molecule has 106 valence electrons. The first-order valence-corrected chi connectivity index (χ1v) is 6.04. The third-order valence-corrected chi connectivity index (χ3v) is 2.72. The van der Waals surface area contributed by atoms with Crippen molar-refractivity contribution in [1.82, 2.24) is 0 Å². The van der Waals surface area contributed by atoms with Crippen LogP contribution in [0.3, 0.4) is 0 Å². The lowest BCUT2D eigenvalue weighted by molar-refractivity contribution is -0.147. The van der Waals surface area contributed by atoms with Crippen LogP contribution < -0.4 is 5.73 Å². The lowest BCUT2D eigenvalue weighted by Crippen LogP contribution is -2.23. The monoisotopic (exact) mass is 289 g/mol. The molecule has 7 heteroatoms. The predicted octanol–water partition coefficient (Wildman–Crippen LogP) is 0.975. The largest absolute Gasteiger partial charge is 0.505 e. The molecule has 1 rings (SSSR count). The molecule has 0 spiro atoms. The first-order chi connectivity index (χ1) is 8.86. The average molecular weight is 290 g/mol. The standard InChI is InChI=1S/C12H16ClNO5/c1-2-19-10(16)5-9(15)12(18)7-3-6(13)4-8(14)11(7)17/h3-4,9,12,15,17-18H,2,5,14H2,1H3. The van der Waals surface area contributed by atoms with Crippen molar-refractivity contribution >= 4 is 23.3 Å². The van der Waals surface area contributed by atoms with Crippen LogP contribution in [0, 0.1) is 0 Å². The van der Waals surface area contributed by atoms with Crippen LogP contribution in [0.4, 0.5) is 5.69 Å². The molecular weight excluding hydrogens is 274 g/mol. The Hall–Kier alpha value is -1.50. The summed E-state index contributed by atoms with van der Waals surface area (Å²) in [6.45, 7) is 1.81. The van der Waals surface area contributed by atoms with Crippen LogP contribution in [0.25, 0.3) is 0 Å². The SMILES string of the molecule is CCOC(=O)CC(O)C(O)c1cc(Cl)cc(N)c1O. The Morgan fingerprint density at radius 2 is 2.11 bits per heavy atom. The van der Waals surface area contributed by atoms with Gasteiger partial charge in [0.15, 0.2) is 0 Å². The van der Waals surface area contributed by atoms with Gasteiger partial charge in [-0.3, -0.25) is 4.79 Å². The number of carbonyl (C=O) groups excluding carboxylic acids is 1. The van der Waals surface area contributed by atoms with Gasteiger partial charge in [0.25, 0.3) is 0 Å². The van der Waals surface area contributed by atoms with E-state index in [1.807, 2.05) is 0 Å². The molecule has 0 fully saturated rings. The third kappa shape index (κ3) is 3.99. The topological polar surface area (TPSA) is 113 Å². The van der Waals surface area contributed by atoms with Gasteiger partial charge in [0, 0.05) is 10.6 Å². The van der Waals surface area contributed by atoms with E-state index in [1.165, 1.54) is 12.1 Å². The second kappa shape index (κ2) is 6.60. The molecule has 6 nitrogen and oxygen atoms in total. The summed E-state index contributed by atoms with van der Waals surface area (Å²) in [5.74, 6) is -1.02. The number of nitrogens with two attached hydrogens (primary N) is 1. The van der Waals surface area contributed by atoms with Crippen LogP contribution in [-0.4, -0.2) is 34.0 Å². The van der Waals surface area contributed by atoms with E-state index in [0.29, 0.717) is 0 Å². The molecular formula is C12H16ClNO5. The zero-order valence-corrected chi connectivity index (χ0v) is 11.1. The molecule has 5 N–H and O–H groups in total. The quantitative estimate of drug-likeness (QED) is 0.365. The van der Waals surface area contributed by atoms with Crippen LogP contribution in [-0.2, 0) is 9.53 Å². The number of esters is 1. The van der Waals surface area contributed by atoms with Gasteiger partial charge in [0.05, 0.1) is 24.8 Å². The maximum absolute atomic E-state index is 11.2. The van der Waals surface area contributed by atoms with Gasteiger partial charge in [-0.05, 0) is 19.1 Å². The van der Waals surface area contributed by atoms with E-state index in [0.717, 1.165) is 0 Å². The number of benzene rings is 1.